The SMILES string of the molecule is CC(NC(C(=O)O)C(C)C)c1ccncc1. The molecule has 2 atom stereocenters. The average Bonchev–Trinajstić information content (AvgIpc) is 2.25. The molecule has 0 saturated carbocycles. The summed E-state index contributed by atoms with van der Waals surface area (Å²) in [4.78, 5) is 15.0. The average molecular weight is 222 g/mol. The van der Waals surface area contributed by atoms with Gasteiger partial charge in [0.05, 0.1) is 0 Å². The van der Waals surface area contributed by atoms with Crippen molar-refractivity contribution in [2.24, 2.45) is 5.92 Å². The Kier molecular flexibility index (Phi) is 4.43. The molecule has 4 nitrogen and oxygen atoms in total. The van der Waals surface area contributed by atoms with Crippen LogP contribution in [0.25, 0.3) is 0 Å². The van der Waals surface area contributed by atoms with Crippen LogP contribution in [0, 0.1) is 5.92 Å². The lowest BCUT2D eigenvalue weighted by Gasteiger charge is -2.23. The van der Waals surface area contributed by atoms with Crippen LogP contribution in [-0.2, 0) is 4.79 Å². The Morgan fingerprint density at radius 3 is 2.31 bits per heavy atom. The van der Waals surface area contributed by atoms with Crippen LogP contribution in [0.4, 0.5) is 0 Å². The van der Waals surface area contributed by atoms with Crippen molar-refractivity contribution in [3.8, 4) is 0 Å². The number of nitrogens with zero attached hydrogens (tertiary/aromatic N) is 1. The van der Waals surface area contributed by atoms with E-state index >= 15 is 0 Å². The lowest BCUT2D eigenvalue weighted by atomic mass is 10.0. The van der Waals surface area contributed by atoms with Crippen LogP contribution in [0.3, 0.4) is 0 Å². The highest BCUT2D eigenvalue weighted by atomic mass is 16.4. The summed E-state index contributed by atoms with van der Waals surface area (Å²) in [5.41, 5.74) is 1.04. The van der Waals surface area contributed by atoms with Gasteiger partial charge < -0.3 is 5.11 Å². The number of hydrogen-bond donors (Lipinski definition) is 2. The molecule has 88 valence electrons. The number of rotatable bonds is 5. The quantitative estimate of drug-likeness (QED) is 0.798. The molecule has 1 aromatic rings. The van der Waals surface area contributed by atoms with E-state index in [1.165, 1.54) is 0 Å². The Balaban J connectivity index is 2.69. The lowest BCUT2D eigenvalue weighted by molar-refractivity contribution is -0.140. The number of nitrogens with one attached hydrogen (secondary N) is 1. The monoisotopic (exact) mass is 222 g/mol. The van der Waals surface area contributed by atoms with Gasteiger partial charge in [-0.3, -0.25) is 15.1 Å². The number of carbonyl (C=O) groups is 1. The fourth-order valence-corrected chi connectivity index (χ4v) is 1.57. The maximum Gasteiger partial charge on any atom is 0.320 e. The maximum atomic E-state index is 11.0. The fraction of sp³-hybridized carbons (Fsp3) is 0.500. The van der Waals surface area contributed by atoms with Crippen molar-refractivity contribution in [2.75, 3.05) is 0 Å². The molecule has 2 unspecified atom stereocenters. The first-order chi connectivity index (χ1) is 7.52. The molecule has 16 heavy (non-hydrogen) atoms. The van der Waals surface area contributed by atoms with E-state index in [1.54, 1.807) is 12.4 Å². The zero-order chi connectivity index (χ0) is 12.1. The number of aliphatic carboxylic acids is 1. The minimum absolute atomic E-state index is 0.00602. The molecule has 0 aliphatic carbocycles. The third kappa shape index (κ3) is 3.31. The summed E-state index contributed by atoms with van der Waals surface area (Å²) < 4.78 is 0. The number of carboxylic acids is 1. The number of aromatic nitrogens is 1. The summed E-state index contributed by atoms with van der Waals surface area (Å²) in [5, 5.41) is 12.2. The van der Waals surface area contributed by atoms with E-state index in [0.29, 0.717) is 0 Å². The highest BCUT2D eigenvalue weighted by Gasteiger charge is 2.23. The number of carboxylic acid groups (broad SMARTS) is 1. The molecule has 0 aliphatic rings. The zero-order valence-corrected chi connectivity index (χ0v) is 9.84. The minimum atomic E-state index is -0.809. The standard InChI is InChI=1S/C12H18N2O2/c1-8(2)11(12(15)16)14-9(3)10-4-6-13-7-5-10/h4-9,11,14H,1-3H3,(H,15,16). The molecule has 0 amide bonds. The second-order valence-electron chi connectivity index (χ2n) is 4.23. The Labute approximate surface area is 95.7 Å². The van der Waals surface area contributed by atoms with Gasteiger partial charge in [0.1, 0.15) is 6.04 Å². The lowest BCUT2D eigenvalue weighted by Crippen LogP contribution is -2.42. The van der Waals surface area contributed by atoms with Crippen LogP contribution in [0.5, 0.6) is 0 Å². The van der Waals surface area contributed by atoms with E-state index in [-0.39, 0.29) is 12.0 Å². The zero-order valence-electron chi connectivity index (χ0n) is 9.84. The first-order valence-corrected chi connectivity index (χ1v) is 5.41. The van der Waals surface area contributed by atoms with Crippen molar-refractivity contribution >= 4 is 5.97 Å². The maximum absolute atomic E-state index is 11.0. The van der Waals surface area contributed by atoms with Crippen LogP contribution in [-0.4, -0.2) is 22.1 Å². The van der Waals surface area contributed by atoms with Crippen LogP contribution >= 0.6 is 0 Å². The van der Waals surface area contributed by atoms with Crippen molar-refractivity contribution in [2.45, 2.75) is 32.9 Å². The Morgan fingerprint density at radius 2 is 1.88 bits per heavy atom. The molecule has 0 fully saturated rings. The predicted molar refractivity (Wildman–Crippen MR) is 62.0 cm³/mol. The first kappa shape index (κ1) is 12.6. The van der Waals surface area contributed by atoms with Crippen LogP contribution < -0.4 is 5.32 Å². The first-order valence-electron chi connectivity index (χ1n) is 5.41. The van der Waals surface area contributed by atoms with Gasteiger partial charge in [0.15, 0.2) is 0 Å². The molecule has 0 bridgehead atoms. The molecule has 0 spiro atoms. The molecule has 1 rings (SSSR count). The molecule has 0 aromatic carbocycles. The highest BCUT2D eigenvalue weighted by molar-refractivity contribution is 5.73. The summed E-state index contributed by atoms with van der Waals surface area (Å²) >= 11 is 0. The Bertz CT molecular complexity index is 338. The fourth-order valence-electron chi connectivity index (χ4n) is 1.57. The van der Waals surface area contributed by atoms with Gasteiger partial charge in [-0.2, -0.15) is 0 Å². The van der Waals surface area contributed by atoms with E-state index in [0.717, 1.165) is 5.56 Å². The Morgan fingerprint density at radius 1 is 1.31 bits per heavy atom. The van der Waals surface area contributed by atoms with Crippen LogP contribution in [0.1, 0.15) is 32.4 Å². The van der Waals surface area contributed by atoms with Crippen molar-refractivity contribution in [3.05, 3.63) is 30.1 Å². The van der Waals surface area contributed by atoms with Crippen molar-refractivity contribution in [3.63, 3.8) is 0 Å². The predicted octanol–water partition coefficient (Wildman–Crippen LogP) is 1.84. The molecule has 0 saturated heterocycles. The second kappa shape index (κ2) is 5.61. The van der Waals surface area contributed by atoms with E-state index < -0.39 is 12.0 Å². The summed E-state index contributed by atoms with van der Waals surface area (Å²) in [7, 11) is 0. The molecule has 0 radical (unpaired) electrons. The largest absolute Gasteiger partial charge is 0.480 e. The van der Waals surface area contributed by atoms with E-state index in [2.05, 4.69) is 10.3 Å². The van der Waals surface area contributed by atoms with Gasteiger partial charge in [-0.1, -0.05) is 13.8 Å². The van der Waals surface area contributed by atoms with Gasteiger partial charge in [-0.05, 0) is 30.5 Å². The molecular formula is C12H18N2O2. The summed E-state index contributed by atoms with van der Waals surface area (Å²) in [6.07, 6.45) is 3.41. The van der Waals surface area contributed by atoms with E-state index in [9.17, 15) is 4.79 Å². The van der Waals surface area contributed by atoms with Gasteiger partial charge in [-0.15, -0.1) is 0 Å². The number of pyridine rings is 1. The third-order valence-corrected chi connectivity index (χ3v) is 2.57. The highest BCUT2D eigenvalue weighted by Crippen LogP contribution is 2.13. The van der Waals surface area contributed by atoms with E-state index in [4.69, 9.17) is 5.11 Å². The summed E-state index contributed by atoms with van der Waals surface area (Å²) in [6, 6.07) is 3.25. The molecule has 2 N–H and O–H groups in total. The Hall–Kier alpha value is -1.42. The van der Waals surface area contributed by atoms with Gasteiger partial charge in [0.25, 0.3) is 0 Å². The van der Waals surface area contributed by atoms with Crippen molar-refractivity contribution < 1.29 is 9.90 Å². The van der Waals surface area contributed by atoms with Crippen molar-refractivity contribution in [1.82, 2.24) is 10.3 Å². The van der Waals surface area contributed by atoms with Gasteiger partial charge in [0, 0.05) is 18.4 Å². The topological polar surface area (TPSA) is 62.2 Å². The van der Waals surface area contributed by atoms with Gasteiger partial charge in [0.2, 0.25) is 0 Å². The number of hydrogen-bond acceptors (Lipinski definition) is 3. The van der Waals surface area contributed by atoms with Crippen LogP contribution in [0.2, 0.25) is 0 Å². The molecule has 1 aromatic heterocycles. The molecule has 1 heterocycles. The molecule has 0 aliphatic heterocycles. The molecule has 4 heteroatoms. The summed E-state index contributed by atoms with van der Waals surface area (Å²) in [5.74, 6) is -0.752. The molecular weight excluding hydrogens is 204 g/mol. The van der Waals surface area contributed by atoms with Gasteiger partial charge >= 0.3 is 5.97 Å². The normalized spacial score (nSPS) is 14.8. The smallest absolute Gasteiger partial charge is 0.320 e. The van der Waals surface area contributed by atoms with Crippen LogP contribution in [0.15, 0.2) is 24.5 Å². The third-order valence-electron chi connectivity index (χ3n) is 2.57. The van der Waals surface area contributed by atoms with Crippen molar-refractivity contribution in [1.29, 1.82) is 0 Å². The van der Waals surface area contributed by atoms with E-state index in [1.807, 2.05) is 32.9 Å². The minimum Gasteiger partial charge on any atom is -0.480 e. The summed E-state index contributed by atoms with van der Waals surface area (Å²) in [6.45, 7) is 5.74. The second-order valence-corrected chi connectivity index (χ2v) is 4.23. The van der Waals surface area contributed by atoms with Gasteiger partial charge in [-0.25, -0.2) is 0 Å².